The summed E-state index contributed by atoms with van der Waals surface area (Å²) in [7, 11) is 0. The van der Waals surface area contributed by atoms with E-state index in [-0.39, 0.29) is 49.9 Å². The van der Waals surface area contributed by atoms with Crippen molar-refractivity contribution >= 4 is 35.6 Å². The van der Waals surface area contributed by atoms with E-state index in [4.69, 9.17) is 14.2 Å². The number of hydrogen-bond donors (Lipinski definition) is 1. The van der Waals surface area contributed by atoms with Crippen LogP contribution in [0.4, 0.5) is 18.0 Å². The number of esters is 1. The maximum absolute atomic E-state index is 14.6. The average Bonchev–Trinajstić information content (AvgIpc) is 3.51. The molecule has 0 radical (unpaired) electrons. The molecule has 4 rings (SSSR count). The lowest BCUT2D eigenvalue weighted by Crippen LogP contribution is -2.50. The second-order valence-corrected chi connectivity index (χ2v) is 14.6. The topological polar surface area (TPSA) is 114 Å². The molecule has 2 unspecified atom stereocenters. The molecule has 49 heavy (non-hydrogen) atoms. The van der Waals surface area contributed by atoms with E-state index >= 15 is 0 Å². The molecule has 0 aliphatic carbocycles. The first kappa shape index (κ1) is 37.9. The van der Waals surface area contributed by atoms with Crippen LogP contribution in [0.2, 0.25) is 0 Å². The Hall–Kier alpha value is -3.94. The average molecular weight is 708 g/mol. The van der Waals surface area contributed by atoms with Crippen molar-refractivity contribution in [1.82, 2.24) is 15.1 Å². The van der Waals surface area contributed by atoms with Crippen LogP contribution < -0.4 is 10.1 Å². The zero-order chi connectivity index (χ0) is 36.0. The van der Waals surface area contributed by atoms with Gasteiger partial charge < -0.3 is 29.3 Å². The van der Waals surface area contributed by atoms with Crippen molar-refractivity contribution in [2.75, 3.05) is 25.4 Å². The van der Waals surface area contributed by atoms with Crippen LogP contribution in [0.1, 0.15) is 64.7 Å². The van der Waals surface area contributed by atoms with E-state index < -0.39 is 58.5 Å². The molecular weight excluding hydrogens is 663 g/mol. The van der Waals surface area contributed by atoms with Gasteiger partial charge in [-0.15, -0.1) is 11.8 Å². The van der Waals surface area contributed by atoms with E-state index in [0.717, 1.165) is 11.1 Å². The van der Waals surface area contributed by atoms with Gasteiger partial charge in [0, 0.05) is 49.8 Å². The molecule has 10 nitrogen and oxygen atoms in total. The minimum absolute atomic E-state index is 0.133. The second kappa shape index (κ2) is 16.2. The molecule has 2 aliphatic rings. The summed E-state index contributed by atoms with van der Waals surface area (Å²) in [6.45, 7) is 11.6. The monoisotopic (exact) mass is 707 g/mol. The van der Waals surface area contributed by atoms with Crippen molar-refractivity contribution < 1.29 is 46.6 Å². The first-order chi connectivity index (χ1) is 23.1. The minimum Gasteiger partial charge on any atom is -0.478 e. The summed E-state index contributed by atoms with van der Waals surface area (Å²) >= 11 is 1.32. The Labute approximate surface area is 289 Å². The fourth-order valence-corrected chi connectivity index (χ4v) is 6.89. The van der Waals surface area contributed by atoms with Gasteiger partial charge in [-0.2, -0.15) is 0 Å². The Morgan fingerprint density at radius 2 is 1.71 bits per heavy atom. The summed E-state index contributed by atoms with van der Waals surface area (Å²) in [6.07, 6.45) is -1.74. The van der Waals surface area contributed by atoms with E-state index in [1.54, 1.807) is 38.7 Å². The summed E-state index contributed by atoms with van der Waals surface area (Å²) in [5, 5.41) is 1.73. The summed E-state index contributed by atoms with van der Waals surface area (Å²) in [6, 6.07) is 5.60. The van der Waals surface area contributed by atoms with Gasteiger partial charge in [0.1, 0.15) is 17.2 Å². The lowest BCUT2D eigenvalue weighted by molar-refractivity contribution is -0.153. The van der Waals surface area contributed by atoms with Crippen LogP contribution in [0, 0.1) is 23.4 Å². The number of carbonyl (C=O) groups is 4. The normalized spacial score (nSPS) is 17.3. The van der Waals surface area contributed by atoms with Gasteiger partial charge in [-0.1, -0.05) is 19.9 Å². The molecule has 2 aliphatic heterocycles. The first-order valence-electron chi connectivity index (χ1n) is 16.3. The Bertz CT molecular complexity index is 1550. The Kier molecular flexibility index (Phi) is 12.5. The quantitative estimate of drug-likeness (QED) is 0.245. The lowest BCUT2D eigenvalue weighted by atomic mass is 9.99. The number of rotatable bonds is 11. The molecule has 2 aromatic rings. The van der Waals surface area contributed by atoms with Crippen LogP contribution in [0.5, 0.6) is 5.75 Å². The number of alkyl carbamates (subject to hydrolysis) is 1. The Morgan fingerprint density at radius 3 is 2.39 bits per heavy atom. The minimum atomic E-state index is -1.36. The van der Waals surface area contributed by atoms with Crippen molar-refractivity contribution in [3.63, 3.8) is 0 Å². The van der Waals surface area contributed by atoms with Gasteiger partial charge in [0.05, 0.1) is 6.61 Å². The van der Waals surface area contributed by atoms with Crippen LogP contribution in [0.25, 0.3) is 0 Å². The Morgan fingerprint density at radius 1 is 1.00 bits per heavy atom. The van der Waals surface area contributed by atoms with Crippen LogP contribution in [0.15, 0.2) is 30.3 Å². The molecule has 3 amide bonds. The highest BCUT2D eigenvalue weighted by molar-refractivity contribution is 8.00. The Balaban J connectivity index is 1.47. The van der Waals surface area contributed by atoms with E-state index in [0.29, 0.717) is 36.6 Å². The zero-order valence-electron chi connectivity index (χ0n) is 28.6. The largest absolute Gasteiger partial charge is 0.478 e. The summed E-state index contributed by atoms with van der Waals surface area (Å²) < 4.78 is 58.7. The van der Waals surface area contributed by atoms with Crippen molar-refractivity contribution in [1.29, 1.82) is 0 Å². The third kappa shape index (κ3) is 10.1. The molecule has 1 N–H and O–H groups in total. The number of thioether (sulfide) groups is 1. The number of fused-ring (bicyclic) bond motifs is 1. The van der Waals surface area contributed by atoms with Gasteiger partial charge in [0.2, 0.25) is 5.91 Å². The van der Waals surface area contributed by atoms with Gasteiger partial charge >= 0.3 is 12.1 Å². The van der Waals surface area contributed by atoms with Crippen LogP contribution in [0.3, 0.4) is 0 Å². The van der Waals surface area contributed by atoms with E-state index in [1.165, 1.54) is 16.7 Å². The number of carbonyl (C=O) groups excluding carboxylic acids is 4. The third-order valence-corrected chi connectivity index (χ3v) is 9.20. The van der Waals surface area contributed by atoms with Gasteiger partial charge in [-0.05, 0) is 75.4 Å². The standard InChI is InChI=1S/C35H44F3N3O7S/c1-7-46-33(44)30(20(2)3)47-25-9-8-21-10-11-40(19-23(21)15-25)31(43)32-41(12-13-49-32)29(42)17-24(39-34(45)48-35(4,5)6)14-22-16-27(37)28(38)18-26(22)36/h8-9,15-16,18,20,24,30,32H,7,10-14,17,19H2,1-6H3,(H,39,45)/t24-,30?,32?/m1/s1. The van der Waals surface area contributed by atoms with Crippen molar-refractivity contribution in [3.8, 4) is 5.75 Å². The van der Waals surface area contributed by atoms with Gasteiger partial charge in [-0.3, -0.25) is 9.59 Å². The molecule has 0 bridgehead atoms. The highest BCUT2D eigenvalue weighted by Crippen LogP contribution is 2.31. The number of nitrogens with zero attached hydrogens (tertiary/aromatic N) is 2. The molecular formula is C35H44F3N3O7S. The summed E-state index contributed by atoms with van der Waals surface area (Å²) in [4.78, 5) is 55.8. The van der Waals surface area contributed by atoms with Crippen molar-refractivity contribution in [3.05, 3.63) is 64.5 Å². The predicted molar refractivity (Wildman–Crippen MR) is 177 cm³/mol. The van der Waals surface area contributed by atoms with Gasteiger partial charge in [0.15, 0.2) is 23.1 Å². The lowest BCUT2D eigenvalue weighted by Gasteiger charge is -2.34. The first-order valence-corrected chi connectivity index (χ1v) is 17.4. The molecule has 14 heteroatoms. The fraction of sp³-hybridized carbons (Fsp3) is 0.543. The molecule has 1 saturated heterocycles. The summed E-state index contributed by atoms with van der Waals surface area (Å²) in [5.74, 6) is -3.98. The number of benzene rings is 2. The maximum Gasteiger partial charge on any atom is 0.407 e. The number of hydrogen-bond acceptors (Lipinski definition) is 8. The SMILES string of the molecule is CCOC(=O)C(Oc1ccc2c(c1)CN(C(=O)C1SCCN1C(=O)C[C@@H](Cc1cc(F)c(F)cc1F)NC(=O)OC(C)(C)C)CC2)C(C)C. The summed E-state index contributed by atoms with van der Waals surface area (Å²) in [5.41, 5.74) is 0.806. The smallest absolute Gasteiger partial charge is 0.407 e. The highest BCUT2D eigenvalue weighted by atomic mass is 32.2. The molecule has 2 aromatic carbocycles. The van der Waals surface area contributed by atoms with E-state index in [2.05, 4.69) is 5.32 Å². The molecule has 0 saturated carbocycles. The number of amides is 3. The number of ether oxygens (including phenoxy) is 3. The van der Waals surface area contributed by atoms with Gasteiger partial charge in [-0.25, -0.2) is 22.8 Å². The zero-order valence-corrected chi connectivity index (χ0v) is 29.5. The fourth-order valence-electron chi connectivity index (χ4n) is 5.67. The second-order valence-electron chi connectivity index (χ2n) is 13.4. The van der Waals surface area contributed by atoms with E-state index in [9.17, 15) is 32.3 Å². The number of nitrogens with one attached hydrogen (secondary N) is 1. The molecule has 268 valence electrons. The van der Waals surface area contributed by atoms with Crippen LogP contribution in [-0.4, -0.2) is 82.2 Å². The van der Waals surface area contributed by atoms with Crippen molar-refractivity contribution in [2.45, 2.75) is 90.5 Å². The van der Waals surface area contributed by atoms with Crippen LogP contribution >= 0.6 is 11.8 Å². The third-order valence-electron chi connectivity index (χ3n) is 8.01. The number of halogens is 3. The highest BCUT2D eigenvalue weighted by Gasteiger charge is 2.39. The van der Waals surface area contributed by atoms with Gasteiger partial charge in [0.25, 0.3) is 5.91 Å². The maximum atomic E-state index is 14.6. The van der Waals surface area contributed by atoms with E-state index in [1.807, 2.05) is 26.0 Å². The van der Waals surface area contributed by atoms with Crippen LogP contribution in [-0.2, 0) is 43.2 Å². The molecule has 1 fully saturated rings. The molecule has 2 heterocycles. The predicted octanol–water partition coefficient (Wildman–Crippen LogP) is 5.38. The van der Waals surface area contributed by atoms with Crippen molar-refractivity contribution in [2.24, 2.45) is 5.92 Å². The molecule has 0 aromatic heterocycles. The molecule has 3 atom stereocenters. The molecule has 0 spiro atoms.